The molecule has 2 amide bonds. The average molecular weight is 288 g/mol. The molecule has 0 saturated carbocycles. The van der Waals surface area contributed by atoms with E-state index in [0.29, 0.717) is 19.4 Å². The summed E-state index contributed by atoms with van der Waals surface area (Å²) in [6.45, 7) is 4.56. The third-order valence-electron chi connectivity index (χ3n) is 3.98. The summed E-state index contributed by atoms with van der Waals surface area (Å²) in [6.07, 6.45) is 2.92. The van der Waals surface area contributed by atoms with E-state index in [1.807, 2.05) is 18.2 Å². The highest BCUT2D eigenvalue weighted by Gasteiger charge is 2.28. The molecular weight excluding hydrogens is 264 g/mol. The van der Waals surface area contributed by atoms with Crippen LogP contribution in [-0.4, -0.2) is 23.9 Å². The van der Waals surface area contributed by atoms with E-state index in [-0.39, 0.29) is 23.3 Å². The lowest BCUT2D eigenvalue weighted by Crippen LogP contribution is -2.50. The number of nitrogens with one attached hydrogen (secondary N) is 2. The highest BCUT2D eigenvalue weighted by Crippen LogP contribution is 2.17. The van der Waals surface area contributed by atoms with E-state index in [9.17, 15) is 9.59 Å². The molecule has 0 radical (unpaired) electrons. The van der Waals surface area contributed by atoms with Crippen LogP contribution in [-0.2, 0) is 16.0 Å². The van der Waals surface area contributed by atoms with E-state index in [1.54, 1.807) is 0 Å². The summed E-state index contributed by atoms with van der Waals surface area (Å²) < 4.78 is 0. The Morgan fingerprint density at radius 2 is 2.05 bits per heavy atom. The summed E-state index contributed by atoms with van der Waals surface area (Å²) >= 11 is 0. The van der Waals surface area contributed by atoms with Crippen molar-refractivity contribution >= 4 is 11.8 Å². The summed E-state index contributed by atoms with van der Waals surface area (Å²) in [6, 6.07) is 10.3. The van der Waals surface area contributed by atoms with Crippen molar-refractivity contribution in [3.63, 3.8) is 0 Å². The van der Waals surface area contributed by atoms with E-state index in [2.05, 4.69) is 36.6 Å². The maximum atomic E-state index is 12.3. The second kappa shape index (κ2) is 6.74. The number of piperidine rings is 1. The minimum Gasteiger partial charge on any atom is -0.355 e. The van der Waals surface area contributed by atoms with Gasteiger partial charge in [0.2, 0.25) is 11.8 Å². The Hall–Kier alpha value is -1.84. The second-order valence-corrected chi connectivity index (χ2v) is 6.40. The van der Waals surface area contributed by atoms with Gasteiger partial charge in [0.25, 0.3) is 0 Å². The number of rotatable bonds is 5. The van der Waals surface area contributed by atoms with Gasteiger partial charge in [0.1, 0.15) is 0 Å². The Morgan fingerprint density at radius 1 is 1.33 bits per heavy atom. The fourth-order valence-corrected chi connectivity index (χ4v) is 2.56. The number of carbonyl (C=O) groups is 2. The number of hydrogen-bond donors (Lipinski definition) is 2. The molecular formula is C17H24N2O2. The van der Waals surface area contributed by atoms with Gasteiger partial charge in [0.05, 0.1) is 5.92 Å². The zero-order chi connectivity index (χ0) is 15.3. The molecule has 1 unspecified atom stereocenters. The molecule has 4 heteroatoms. The summed E-state index contributed by atoms with van der Waals surface area (Å²) in [5.41, 5.74) is 1.04. The van der Waals surface area contributed by atoms with E-state index in [0.717, 1.165) is 12.8 Å². The Kier molecular flexibility index (Phi) is 4.99. The van der Waals surface area contributed by atoms with Gasteiger partial charge in [0, 0.05) is 18.5 Å². The smallest absolute Gasteiger partial charge is 0.225 e. The van der Waals surface area contributed by atoms with Crippen molar-refractivity contribution in [1.29, 1.82) is 0 Å². The van der Waals surface area contributed by atoms with Gasteiger partial charge >= 0.3 is 0 Å². The van der Waals surface area contributed by atoms with Crippen LogP contribution in [0.15, 0.2) is 30.3 Å². The lowest BCUT2D eigenvalue weighted by Gasteiger charge is -2.30. The standard InChI is InChI=1S/C17H24N2O2/c1-17(2,11-10-13-6-4-3-5-7-13)19-16(21)14-8-9-15(20)18-12-14/h3-7,14H,8-12H2,1-2H3,(H,18,20)(H,19,21). The molecule has 1 atom stereocenters. The van der Waals surface area contributed by atoms with Crippen molar-refractivity contribution in [2.45, 2.75) is 45.1 Å². The molecule has 1 aliphatic heterocycles. The first-order valence-corrected chi connectivity index (χ1v) is 7.59. The molecule has 0 spiro atoms. The molecule has 0 aromatic heterocycles. The Morgan fingerprint density at radius 3 is 2.67 bits per heavy atom. The first-order valence-electron chi connectivity index (χ1n) is 7.59. The van der Waals surface area contributed by atoms with Crippen LogP contribution in [0.1, 0.15) is 38.7 Å². The molecule has 1 saturated heterocycles. The Balaban J connectivity index is 1.82. The molecule has 2 rings (SSSR count). The molecule has 1 aromatic rings. The van der Waals surface area contributed by atoms with Crippen molar-refractivity contribution in [3.8, 4) is 0 Å². The monoisotopic (exact) mass is 288 g/mol. The highest BCUT2D eigenvalue weighted by molar-refractivity contribution is 5.84. The average Bonchev–Trinajstić information content (AvgIpc) is 2.46. The van der Waals surface area contributed by atoms with Crippen LogP contribution in [0.4, 0.5) is 0 Å². The van der Waals surface area contributed by atoms with Crippen molar-refractivity contribution < 1.29 is 9.59 Å². The quantitative estimate of drug-likeness (QED) is 0.871. The number of aryl methyl sites for hydroxylation is 1. The summed E-state index contributed by atoms with van der Waals surface area (Å²) in [4.78, 5) is 23.4. The first-order chi connectivity index (χ1) is 9.96. The lowest BCUT2D eigenvalue weighted by molar-refractivity contribution is -0.130. The van der Waals surface area contributed by atoms with E-state index < -0.39 is 0 Å². The van der Waals surface area contributed by atoms with Crippen molar-refractivity contribution in [2.75, 3.05) is 6.54 Å². The van der Waals surface area contributed by atoms with Gasteiger partial charge in [-0.2, -0.15) is 0 Å². The van der Waals surface area contributed by atoms with Crippen LogP contribution in [0.2, 0.25) is 0 Å². The van der Waals surface area contributed by atoms with Gasteiger partial charge in [-0.1, -0.05) is 30.3 Å². The lowest BCUT2D eigenvalue weighted by atomic mass is 9.92. The number of amides is 2. The van der Waals surface area contributed by atoms with Crippen molar-refractivity contribution in [1.82, 2.24) is 10.6 Å². The summed E-state index contributed by atoms with van der Waals surface area (Å²) in [5, 5.41) is 5.88. The Labute approximate surface area is 126 Å². The normalized spacial score (nSPS) is 19.0. The molecule has 2 N–H and O–H groups in total. The van der Waals surface area contributed by atoms with E-state index in [4.69, 9.17) is 0 Å². The minimum absolute atomic E-state index is 0.0439. The fourth-order valence-electron chi connectivity index (χ4n) is 2.56. The number of hydrogen-bond acceptors (Lipinski definition) is 2. The largest absolute Gasteiger partial charge is 0.355 e. The predicted molar refractivity (Wildman–Crippen MR) is 82.7 cm³/mol. The van der Waals surface area contributed by atoms with Gasteiger partial charge in [-0.25, -0.2) is 0 Å². The van der Waals surface area contributed by atoms with Gasteiger partial charge < -0.3 is 10.6 Å². The SMILES string of the molecule is CC(C)(CCc1ccccc1)NC(=O)C1CCC(=O)NC1. The third-order valence-corrected chi connectivity index (χ3v) is 3.98. The minimum atomic E-state index is -0.242. The molecule has 4 nitrogen and oxygen atoms in total. The molecule has 1 fully saturated rings. The van der Waals surface area contributed by atoms with Gasteiger partial charge in [-0.15, -0.1) is 0 Å². The predicted octanol–water partition coefficient (Wildman–Crippen LogP) is 2.04. The topological polar surface area (TPSA) is 58.2 Å². The fraction of sp³-hybridized carbons (Fsp3) is 0.529. The Bertz CT molecular complexity index is 487. The van der Waals surface area contributed by atoms with Crippen LogP contribution >= 0.6 is 0 Å². The molecule has 114 valence electrons. The van der Waals surface area contributed by atoms with Crippen LogP contribution < -0.4 is 10.6 Å². The van der Waals surface area contributed by atoms with E-state index in [1.165, 1.54) is 5.56 Å². The maximum Gasteiger partial charge on any atom is 0.225 e. The number of carbonyl (C=O) groups excluding carboxylic acids is 2. The highest BCUT2D eigenvalue weighted by atomic mass is 16.2. The van der Waals surface area contributed by atoms with Gasteiger partial charge in [-0.3, -0.25) is 9.59 Å². The van der Waals surface area contributed by atoms with Crippen LogP contribution in [0.3, 0.4) is 0 Å². The van der Waals surface area contributed by atoms with Crippen LogP contribution in [0, 0.1) is 5.92 Å². The van der Waals surface area contributed by atoms with Crippen molar-refractivity contribution in [2.24, 2.45) is 5.92 Å². The van der Waals surface area contributed by atoms with Crippen molar-refractivity contribution in [3.05, 3.63) is 35.9 Å². The van der Waals surface area contributed by atoms with Gasteiger partial charge in [-0.05, 0) is 38.7 Å². The molecule has 0 aliphatic carbocycles. The molecule has 1 aromatic carbocycles. The number of benzene rings is 1. The van der Waals surface area contributed by atoms with E-state index >= 15 is 0 Å². The zero-order valence-electron chi connectivity index (χ0n) is 12.8. The second-order valence-electron chi connectivity index (χ2n) is 6.40. The first kappa shape index (κ1) is 15.5. The summed E-state index contributed by atoms with van der Waals surface area (Å²) in [7, 11) is 0. The molecule has 21 heavy (non-hydrogen) atoms. The zero-order valence-corrected chi connectivity index (χ0v) is 12.8. The third kappa shape index (κ3) is 4.88. The molecule has 1 heterocycles. The molecule has 1 aliphatic rings. The summed E-state index contributed by atoms with van der Waals surface area (Å²) in [5.74, 6) is -0.00542. The van der Waals surface area contributed by atoms with Gasteiger partial charge in [0.15, 0.2) is 0 Å². The van der Waals surface area contributed by atoms with Crippen LogP contribution in [0.5, 0.6) is 0 Å². The maximum absolute atomic E-state index is 12.3. The van der Waals surface area contributed by atoms with Crippen LogP contribution in [0.25, 0.3) is 0 Å². The molecule has 0 bridgehead atoms.